The molecule has 1 heterocycles. The van der Waals surface area contributed by atoms with E-state index in [1.807, 2.05) is 0 Å². The minimum atomic E-state index is -0.0677. The standard InChI is InChI=1S/C17H21ClN2O3S/c1-12(21)5-3-10-24-17-19-15-11-13(18)6-7-14(15)16(22)20(17)8-4-9-23-2/h6-7,11H,3-5,8-10H2,1-2H3. The van der Waals surface area contributed by atoms with Crippen LogP contribution in [0.15, 0.2) is 28.2 Å². The topological polar surface area (TPSA) is 61.2 Å². The third kappa shape index (κ3) is 5.06. The number of ketones is 1. The minimum absolute atomic E-state index is 0.0677. The SMILES string of the molecule is COCCCn1c(SCCCC(C)=O)nc2cc(Cl)ccc2c1=O. The lowest BCUT2D eigenvalue weighted by Gasteiger charge is -2.13. The summed E-state index contributed by atoms with van der Waals surface area (Å²) in [5.41, 5.74) is 0.534. The van der Waals surface area contributed by atoms with Crippen LogP contribution >= 0.6 is 23.4 Å². The fourth-order valence-electron chi connectivity index (χ4n) is 2.33. The fraction of sp³-hybridized carbons (Fsp3) is 0.471. The van der Waals surface area contributed by atoms with E-state index in [0.29, 0.717) is 40.7 Å². The van der Waals surface area contributed by atoms with Crippen molar-refractivity contribution in [1.29, 1.82) is 0 Å². The van der Waals surface area contributed by atoms with Crippen LogP contribution < -0.4 is 5.56 Å². The Hall–Kier alpha value is -1.37. The van der Waals surface area contributed by atoms with Crippen LogP contribution in [0.1, 0.15) is 26.2 Å². The molecule has 0 aliphatic rings. The van der Waals surface area contributed by atoms with Gasteiger partial charge in [-0.15, -0.1) is 0 Å². The highest BCUT2D eigenvalue weighted by atomic mass is 35.5. The van der Waals surface area contributed by atoms with Gasteiger partial charge in [0, 0.05) is 37.5 Å². The monoisotopic (exact) mass is 368 g/mol. The van der Waals surface area contributed by atoms with Crippen molar-refractivity contribution in [1.82, 2.24) is 9.55 Å². The lowest BCUT2D eigenvalue weighted by atomic mass is 10.2. The summed E-state index contributed by atoms with van der Waals surface area (Å²) < 4.78 is 6.76. The first-order valence-corrected chi connectivity index (χ1v) is 9.20. The number of thioether (sulfide) groups is 1. The molecule has 1 aromatic carbocycles. The summed E-state index contributed by atoms with van der Waals surface area (Å²) in [7, 11) is 1.64. The molecule has 0 fully saturated rings. The summed E-state index contributed by atoms with van der Waals surface area (Å²) in [6.07, 6.45) is 2.04. The second kappa shape index (κ2) is 9.20. The number of fused-ring (bicyclic) bond motifs is 1. The Morgan fingerprint density at radius 2 is 2.17 bits per heavy atom. The maximum Gasteiger partial charge on any atom is 0.262 e. The highest BCUT2D eigenvalue weighted by Crippen LogP contribution is 2.21. The number of Topliss-reactive ketones (excluding diaryl/α,β-unsaturated/α-hetero) is 1. The van der Waals surface area contributed by atoms with Crippen LogP contribution in [0, 0.1) is 0 Å². The van der Waals surface area contributed by atoms with Crippen LogP contribution in [-0.2, 0) is 16.1 Å². The van der Waals surface area contributed by atoms with E-state index in [2.05, 4.69) is 4.98 Å². The van der Waals surface area contributed by atoms with E-state index in [4.69, 9.17) is 16.3 Å². The molecule has 0 amide bonds. The molecule has 0 unspecified atom stereocenters. The van der Waals surface area contributed by atoms with Gasteiger partial charge in [0.2, 0.25) is 0 Å². The van der Waals surface area contributed by atoms with Gasteiger partial charge in [-0.2, -0.15) is 0 Å². The van der Waals surface area contributed by atoms with Crippen LogP contribution in [-0.4, -0.2) is 34.8 Å². The van der Waals surface area contributed by atoms with Gasteiger partial charge in [0.05, 0.1) is 10.9 Å². The molecule has 7 heteroatoms. The van der Waals surface area contributed by atoms with E-state index in [9.17, 15) is 9.59 Å². The summed E-state index contributed by atoms with van der Waals surface area (Å²) in [6, 6.07) is 5.12. The lowest BCUT2D eigenvalue weighted by Crippen LogP contribution is -2.24. The number of rotatable bonds is 9. The smallest absolute Gasteiger partial charge is 0.262 e. The number of benzene rings is 1. The van der Waals surface area contributed by atoms with Gasteiger partial charge in [0.25, 0.3) is 5.56 Å². The molecule has 130 valence electrons. The van der Waals surface area contributed by atoms with Crippen LogP contribution in [0.5, 0.6) is 0 Å². The highest BCUT2D eigenvalue weighted by Gasteiger charge is 2.12. The second-order valence-corrected chi connectivity index (χ2v) is 7.01. The number of halogens is 1. The van der Waals surface area contributed by atoms with E-state index in [1.54, 1.807) is 36.8 Å². The average molecular weight is 369 g/mol. The van der Waals surface area contributed by atoms with Crippen molar-refractivity contribution in [3.8, 4) is 0 Å². The van der Waals surface area contributed by atoms with Crippen molar-refractivity contribution >= 4 is 40.0 Å². The summed E-state index contributed by atoms with van der Waals surface area (Å²) >= 11 is 7.52. The molecule has 0 radical (unpaired) electrons. The first kappa shape index (κ1) is 19.0. The Kier molecular flexibility index (Phi) is 7.27. The summed E-state index contributed by atoms with van der Waals surface area (Å²) in [5.74, 6) is 0.911. The van der Waals surface area contributed by atoms with Crippen molar-refractivity contribution in [3.63, 3.8) is 0 Å². The van der Waals surface area contributed by atoms with Gasteiger partial charge in [0.15, 0.2) is 5.16 Å². The number of carbonyl (C=O) groups excluding carboxylic acids is 1. The Labute approximate surface area is 150 Å². The lowest BCUT2D eigenvalue weighted by molar-refractivity contribution is -0.117. The van der Waals surface area contributed by atoms with E-state index in [-0.39, 0.29) is 11.3 Å². The van der Waals surface area contributed by atoms with Crippen molar-refractivity contribution < 1.29 is 9.53 Å². The Morgan fingerprint density at radius 1 is 1.38 bits per heavy atom. The largest absolute Gasteiger partial charge is 0.385 e. The fourth-order valence-corrected chi connectivity index (χ4v) is 3.46. The zero-order valence-corrected chi connectivity index (χ0v) is 15.5. The molecular weight excluding hydrogens is 348 g/mol. The van der Waals surface area contributed by atoms with Gasteiger partial charge in [0.1, 0.15) is 5.78 Å². The van der Waals surface area contributed by atoms with Gasteiger partial charge < -0.3 is 9.53 Å². The van der Waals surface area contributed by atoms with Crippen LogP contribution in [0.3, 0.4) is 0 Å². The third-order valence-corrected chi connectivity index (χ3v) is 4.81. The predicted molar refractivity (Wildman–Crippen MR) is 98.1 cm³/mol. The van der Waals surface area contributed by atoms with Crippen molar-refractivity contribution in [3.05, 3.63) is 33.6 Å². The summed E-state index contributed by atoms with van der Waals surface area (Å²) in [6.45, 7) is 2.72. The molecule has 5 nitrogen and oxygen atoms in total. The normalized spacial score (nSPS) is 11.1. The molecule has 2 rings (SSSR count). The van der Waals surface area contributed by atoms with E-state index in [1.165, 1.54) is 11.8 Å². The molecule has 0 spiro atoms. The number of aromatic nitrogens is 2. The molecular formula is C17H21ClN2O3S. The Morgan fingerprint density at radius 3 is 2.88 bits per heavy atom. The summed E-state index contributed by atoms with van der Waals surface area (Å²) in [4.78, 5) is 28.4. The first-order valence-electron chi connectivity index (χ1n) is 7.84. The number of nitrogens with zero attached hydrogens (tertiary/aromatic N) is 2. The van der Waals surface area contributed by atoms with E-state index < -0.39 is 0 Å². The zero-order chi connectivity index (χ0) is 17.5. The highest BCUT2D eigenvalue weighted by molar-refractivity contribution is 7.99. The van der Waals surface area contributed by atoms with Gasteiger partial charge in [-0.3, -0.25) is 9.36 Å². The number of hydrogen-bond donors (Lipinski definition) is 0. The van der Waals surface area contributed by atoms with Gasteiger partial charge >= 0.3 is 0 Å². The Balaban J connectivity index is 2.31. The molecule has 0 saturated heterocycles. The van der Waals surface area contributed by atoms with Crippen LogP contribution in [0.25, 0.3) is 10.9 Å². The average Bonchev–Trinajstić information content (AvgIpc) is 2.53. The van der Waals surface area contributed by atoms with Crippen LogP contribution in [0.4, 0.5) is 0 Å². The number of ether oxygens (including phenoxy) is 1. The minimum Gasteiger partial charge on any atom is -0.385 e. The maximum absolute atomic E-state index is 12.8. The number of carbonyl (C=O) groups is 1. The van der Waals surface area contributed by atoms with E-state index >= 15 is 0 Å². The third-order valence-electron chi connectivity index (χ3n) is 3.52. The molecule has 0 atom stereocenters. The van der Waals surface area contributed by atoms with Crippen molar-refractivity contribution in [2.45, 2.75) is 37.9 Å². The molecule has 1 aromatic heterocycles. The molecule has 24 heavy (non-hydrogen) atoms. The molecule has 0 N–H and O–H groups in total. The number of hydrogen-bond acceptors (Lipinski definition) is 5. The molecule has 0 bridgehead atoms. The molecule has 0 saturated carbocycles. The summed E-state index contributed by atoms with van der Waals surface area (Å²) in [5, 5.41) is 1.78. The van der Waals surface area contributed by atoms with Gasteiger partial charge in [-0.1, -0.05) is 23.4 Å². The number of methoxy groups -OCH3 is 1. The molecule has 0 aliphatic heterocycles. The van der Waals surface area contributed by atoms with Crippen LogP contribution in [0.2, 0.25) is 5.02 Å². The quantitative estimate of drug-likeness (QED) is 0.385. The Bertz CT molecular complexity index is 776. The molecule has 2 aromatic rings. The van der Waals surface area contributed by atoms with Crippen molar-refractivity contribution in [2.75, 3.05) is 19.5 Å². The zero-order valence-electron chi connectivity index (χ0n) is 13.9. The molecule has 0 aliphatic carbocycles. The van der Waals surface area contributed by atoms with E-state index in [0.717, 1.165) is 18.6 Å². The maximum atomic E-state index is 12.8. The van der Waals surface area contributed by atoms with Crippen molar-refractivity contribution in [2.24, 2.45) is 0 Å². The second-order valence-electron chi connectivity index (χ2n) is 5.51. The van der Waals surface area contributed by atoms with Gasteiger partial charge in [-0.05, 0) is 38.0 Å². The predicted octanol–water partition coefficient (Wildman–Crippen LogP) is 3.55. The van der Waals surface area contributed by atoms with Gasteiger partial charge in [-0.25, -0.2) is 4.98 Å². The first-order chi connectivity index (χ1) is 11.5.